The molecular weight excluding hydrogens is 420 g/mol. The van der Waals surface area contributed by atoms with Crippen molar-refractivity contribution in [3.05, 3.63) is 59.7 Å². The van der Waals surface area contributed by atoms with E-state index in [9.17, 15) is 19.5 Å². The zero-order valence-corrected chi connectivity index (χ0v) is 18.4. The highest BCUT2D eigenvalue weighted by molar-refractivity contribution is 5.88. The largest absolute Gasteiger partial charge is 0.480 e. The van der Waals surface area contributed by atoms with Crippen LogP contribution in [-0.4, -0.2) is 53.2 Å². The van der Waals surface area contributed by atoms with Crippen LogP contribution in [0.5, 0.6) is 0 Å². The lowest BCUT2D eigenvalue weighted by molar-refractivity contribution is -0.149. The van der Waals surface area contributed by atoms with Crippen molar-refractivity contribution in [2.24, 2.45) is 5.92 Å². The third-order valence-electron chi connectivity index (χ3n) is 7.39. The number of carboxylic acid groups (broad SMARTS) is 1. The summed E-state index contributed by atoms with van der Waals surface area (Å²) >= 11 is 0. The van der Waals surface area contributed by atoms with E-state index in [4.69, 9.17) is 4.74 Å². The second kappa shape index (κ2) is 8.89. The number of hydrogen-bond acceptors (Lipinski definition) is 4. The molecule has 172 valence electrons. The normalized spacial score (nSPS) is 23.4. The monoisotopic (exact) mass is 448 g/mol. The molecule has 2 aromatic carbocycles. The van der Waals surface area contributed by atoms with Gasteiger partial charge >= 0.3 is 12.1 Å². The Morgan fingerprint density at radius 2 is 1.61 bits per heavy atom. The van der Waals surface area contributed by atoms with Crippen molar-refractivity contribution in [2.45, 2.75) is 50.1 Å². The molecule has 5 rings (SSSR count). The summed E-state index contributed by atoms with van der Waals surface area (Å²) in [5, 5.41) is 12.2. The predicted molar refractivity (Wildman–Crippen MR) is 122 cm³/mol. The molecule has 0 spiro atoms. The highest BCUT2D eigenvalue weighted by Crippen LogP contribution is 2.44. The van der Waals surface area contributed by atoms with E-state index in [1.54, 1.807) is 0 Å². The maximum Gasteiger partial charge on any atom is 0.407 e. The Hall–Kier alpha value is -3.35. The first-order valence-electron chi connectivity index (χ1n) is 11.7. The minimum atomic E-state index is -0.973. The zero-order chi connectivity index (χ0) is 22.9. The molecule has 0 radical (unpaired) electrons. The van der Waals surface area contributed by atoms with Crippen molar-refractivity contribution < 1.29 is 24.2 Å². The number of carbonyl (C=O) groups is 3. The number of ether oxygens (including phenoxy) is 1. The fraction of sp³-hybridized carbons (Fsp3) is 0.423. The van der Waals surface area contributed by atoms with Gasteiger partial charge in [0.2, 0.25) is 5.91 Å². The molecule has 0 aromatic heterocycles. The van der Waals surface area contributed by atoms with E-state index >= 15 is 0 Å². The number of carboxylic acids is 1. The first-order chi connectivity index (χ1) is 16.0. The third-order valence-corrected chi connectivity index (χ3v) is 7.39. The van der Waals surface area contributed by atoms with Gasteiger partial charge in [-0.25, -0.2) is 9.59 Å². The molecule has 1 saturated heterocycles. The molecule has 2 aliphatic carbocycles. The fourth-order valence-electron chi connectivity index (χ4n) is 5.93. The van der Waals surface area contributed by atoms with E-state index in [1.807, 2.05) is 36.4 Å². The average Bonchev–Trinajstić information content (AvgIpc) is 3.38. The molecule has 3 atom stereocenters. The summed E-state index contributed by atoms with van der Waals surface area (Å²) in [5.41, 5.74) is 4.53. The highest BCUT2D eigenvalue weighted by Gasteiger charge is 2.47. The van der Waals surface area contributed by atoms with Gasteiger partial charge in [-0.15, -0.1) is 0 Å². The lowest BCUT2D eigenvalue weighted by atomic mass is 9.85. The molecule has 2 fully saturated rings. The number of fused-ring (bicyclic) bond motifs is 4. The minimum Gasteiger partial charge on any atom is -0.480 e. The van der Waals surface area contributed by atoms with Gasteiger partial charge in [-0.1, -0.05) is 61.4 Å². The molecule has 1 heterocycles. The number of carbonyl (C=O) groups excluding carboxylic acids is 2. The first kappa shape index (κ1) is 21.5. The van der Waals surface area contributed by atoms with E-state index in [-0.39, 0.29) is 36.9 Å². The van der Waals surface area contributed by atoms with Gasteiger partial charge in [0.1, 0.15) is 19.2 Å². The van der Waals surface area contributed by atoms with Gasteiger partial charge in [-0.3, -0.25) is 4.79 Å². The summed E-state index contributed by atoms with van der Waals surface area (Å²) < 4.78 is 5.50. The lowest BCUT2D eigenvalue weighted by Gasteiger charge is -2.33. The van der Waals surface area contributed by atoms with Gasteiger partial charge < -0.3 is 20.1 Å². The molecule has 7 heteroatoms. The van der Waals surface area contributed by atoms with Crippen LogP contribution in [0.4, 0.5) is 4.79 Å². The summed E-state index contributed by atoms with van der Waals surface area (Å²) in [5.74, 6) is -1.15. The maximum absolute atomic E-state index is 12.9. The molecule has 1 saturated carbocycles. The van der Waals surface area contributed by atoms with Crippen LogP contribution in [0.1, 0.15) is 49.1 Å². The van der Waals surface area contributed by atoms with Crippen LogP contribution >= 0.6 is 0 Å². The molecule has 1 aliphatic heterocycles. The van der Waals surface area contributed by atoms with Crippen molar-refractivity contribution in [2.75, 3.05) is 13.2 Å². The number of nitrogens with zero attached hydrogens (tertiary/aromatic N) is 1. The molecule has 3 unspecified atom stereocenters. The topological polar surface area (TPSA) is 95.9 Å². The molecule has 33 heavy (non-hydrogen) atoms. The van der Waals surface area contributed by atoms with E-state index in [0.29, 0.717) is 6.42 Å². The summed E-state index contributed by atoms with van der Waals surface area (Å²) in [7, 11) is 0. The molecular formula is C26H28N2O5. The van der Waals surface area contributed by atoms with Crippen LogP contribution in [0.15, 0.2) is 48.5 Å². The van der Waals surface area contributed by atoms with E-state index < -0.39 is 18.1 Å². The molecule has 0 bridgehead atoms. The summed E-state index contributed by atoms with van der Waals surface area (Å²) in [6, 6.07) is 15.3. The number of benzene rings is 2. The summed E-state index contributed by atoms with van der Waals surface area (Å²) in [6.07, 6.45) is 3.68. The lowest BCUT2D eigenvalue weighted by Crippen LogP contribution is -2.50. The third kappa shape index (κ3) is 3.96. The van der Waals surface area contributed by atoms with Crippen LogP contribution in [0, 0.1) is 5.92 Å². The number of aliphatic carboxylic acids is 1. The van der Waals surface area contributed by atoms with Gasteiger partial charge in [0.05, 0.1) is 0 Å². The molecule has 2 amide bonds. The van der Waals surface area contributed by atoms with Gasteiger partial charge in [0, 0.05) is 12.0 Å². The highest BCUT2D eigenvalue weighted by atomic mass is 16.5. The minimum absolute atomic E-state index is 0.0448. The Bertz CT molecular complexity index is 1040. The quantitative estimate of drug-likeness (QED) is 0.726. The number of rotatable bonds is 5. The van der Waals surface area contributed by atoms with Gasteiger partial charge in [0.25, 0.3) is 0 Å². The average molecular weight is 449 g/mol. The SMILES string of the molecule is O=C(NCC(=O)N1C(C(=O)O)CC2CCCCC21)OCC1c2ccccc2-c2ccccc21. The summed E-state index contributed by atoms with van der Waals surface area (Å²) in [4.78, 5) is 38.6. The standard InChI is InChI=1S/C26H28N2O5/c29-24(28-22-12-6-1-7-16(22)13-23(28)25(30)31)14-27-26(32)33-15-21-19-10-4-2-8-17(19)18-9-3-5-11-20(18)21/h2-5,8-11,16,21-23H,1,6-7,12-15H2,(H,27,32)(H,30,31). The Morgan fingerprint density at radius 3 is 2.27 bits per heavy atom. The summed E-state index contributed by atoms with van der Waals surface area (Å²) in [6.45, 7) is -0.0934. The second-order valence-corrected chi connectivity index (χ2v) is 9.18. The van der Waals surface area contributed by atoms with Crippen molar-refractivity contribution >= 4 is 18.0 Å². The molecule has 2 aromatic rings. The van der Waals surface area contributed by atoms with Crippen molar-refractivity contribution in [1.82, 2.24) is 10.2 Å². The number of alkyl carbamates (subject to hydrolysis) is 1. The second-order valence-electron chi connectivity index (χ2n) is 9.18. The van der Waals surface area contributed by atoms with E-state index in [0.717, 1.165) is 47.9 Å². The van der Waals surface area contributed by atoms with Gasteiger partial charge in [-0.2, -0.15) is 0 Å². The van der Waals surface area contributed by atoms with Crippen molar-refractivity contribution in [3.8, 4) is 11.1 Å². The van der Waals surface area contributed by atoms with Gasteiger partial charge in [0.15, 0.2) is 0 Å². The first-order valence-corrected chi connectivity index (χ1v) is 11.7. The molecule has 3 aliphatic rings. The van der Waals surface area contributed by atoms with Crippen LogP contribution in [0.25, 0.3) is 11.1 Å². The molecule has 2 N–H and O–H groups in total. The van der Waals surface area contributed by atoms with Crippen molar-refractivity contribution in [1.29, 1.82) is 0 Å². The number of likely N-dealkylation sites (tertiary alicyclic amines) is 1. The van der Waals surface area contributed by atoms with Crippen molar-refractivity contribution in [3.63, 3.8) is 0 Å². The fourth-order valence-corrected chi connectivity index (χ4v) is 5.93. The number of hydrogen-bond donors (Lipinski definition) is 2. The van der Waals surface area contributed by atoms with Crippen LogP contribution in [0.2, 0.25) is 0 Å². The Labute approximate surface area is 192 Å². The van der Waals surface area contributed by atoms with Crippen LogP contribution in [-0.2, 0) is 14.3 Å². The van der Waals surface area contributed by atoms with E-state index in [1.165, 1.54) is 4.90 Å². The van der Waals surface area contributed by atoms with Gasteiger partial charge in [-0.05, 0) is 47.4 Å². The smallest absolute Gasteiger partial charge is 0.407 e. The maximum atomic E-state index is 12.9. The van der Waals surface area contributed by atoms with Crippen LogP contribution < -0.4 is 5.32 Å². The molecule has 7 nitrogen and oxygen atoms in total. The Balaban J connectivity index is 1.20. The zero-order valence-electron chi connectivity index (χ0n) is 18.4. The number of nitrogens with one attached hydrogen (secondary N) is 1. The van der Waals surface area contributed by atoms with E-state index in [2.05, 4.69) is 17.4 Å². The Kier molecular flexibility index (Phi) is 5.79. The number of amides is 2. The predicted octanol–water partition coefficient (Wildman–Crippen LogP) is 3.77. The Morgan fingerprint density at radius 1 is 0.970 bits per heavy atom. The van der Waals surface area contributed by atoms with Crippen LogP contribution in [0.3, 0.4) is 0 Å².